The van der Waals surface area contributed by atoms with Crippen molar-refractivity contribution >= 4 is 0 Å². The van der Waals surface area contributed by atoms with E-state index in [1.807, 2.05) is 6.07 Å². The van der Waals surface area contributed by atoms with E-state index >= 15 is 0 Å². The molecule has 0 amide bonds. The number of aromatic hydroxyl groups is 1. The number of rotatable bonds is 1. The van der Waals surface area contributed by atoms with Crippen LogP contribution in [-0.2, 0) is 6.54 Å². The molecule has 0 aromatic heterocycles. The van der Waals surface area contributed by atoms with E-state index in [1.165, 1.54) is 16.7 Å². The second-order valence-electron chi connectivity index (χ2n) is 4.58. The molecule has 0 spiro atoms. The van der Waals surface area contributed by atoms with Gasteiger partial charge < -0.3 is 10.4 Å². The summed E-state index contributed by atoms with van der Waals surface area (Å²) < 4.78 is 0. The quantitative estimate of drug-likeness (QED) is 0.782. The van der Waals surface area contributed by atoms with Gasteiger partial charge >= 0.3 is 0 Å². The minimum Gasteiger partial charge on any atom is -0.508 e. The first-order chi connectivity index (χ1) is 8.25. The highest BCUT2D eigenvalue weighted by molar-refractivity contribution is 5.49. The van der Waals surface area contributed by atoms with Crippen molar-refractivity contribution in [1.82, 2.24) is 5.32 Å². The third-order valence-corrected chi connectivity index (χ3v) is 3.33. The minimum atomic E-state index is 0.117. The van der Waals surface area contributed by atoms with Gasteiger partial charge in [-0.3, -0.25) is 0 Å². The highest BCUT2D eigenvalue weighted by Crippen LogP contribution is 2.36. The van der Waals surface area contributed by atoms with Crippen molar-refractivity contribution in [2.75, 3.05) is 0 Å². The van der Waals surface area contributed by atoms with E-state index in [4.69, 9.17) is 0 Å². The lowest BCUT2D eigenvalue weighted by atomic mass is 9.96. The highest BCUT2D eigenvalue weighted by atomic mass is 16.3. The molecule has 2 heteroatoms. The van der Waals surface area contributed by atoms with Crippen LogP contribution >= 0.6 is 0 Å². The number of fused-ring (bicyclic) bond motifs is 1. The maximum Gasteiger partial charge on any atom is 0.121 e. The zero-order valence-electron chi connectivity index (χ0n) is 9.77. The fourth-order valence-corrected chi connectivity index (χ4v) is 2.54. The van der Waals surface area contributed by atoms with E-state index < -0.39 is 0 Å². The van der Waals surface area contributed by atoms with Crippen molar-refractivity contribution < 1.29 is 5.11 Å². The largest absolute Gasteiger partial charge is 0.508 e. The van der Waals surface area contributed by atoms with Gasteiger partial charge in [0.2, 0.25) is 0 Å². The second-order valence-corrected chi connectivity index (χ2v) is 4.58. The van der Waals surface area contributed by atoms with Crippen molar-refractivity contribution in [2.45, 2.75) is 19.5 Å². The fraction of sp³-hybridized carbons (Fsp3) is 0.200. The lowest BCUT2D eigenvalue weighted by Gasteiger charge is -2.14. The fourth-order valence-electron chi connectivity index (χ4n) is 2.54. The van der Waals surface area contributed by atoms with Crippen LogP contribution in [0.1, 0.15) is 28.3 Å². The summed E-state index contributed by atoms with van der Waals surface area (Å²) in [5, 5.41) is 13.4. The van der Waals surface area contributed by atoms with Crippen molar-refractivity contribution in [3.05, 3.63) is 64.7 Å². The lowest BCUT2D eigenvalue weighted by Crippen LogP contribution is -2.13. The summed E-state index contributed by atoms with van der Waals surface area (Å²) >= 11 is 0. The number of hydrogen-bond acceptors (Lipinski definition) is 2. The molecule has 1 aliphatic heterocycles. The van der Waals surface area contributed by atoms with Gasteiger partial charge in [-0.15, -0.1) is 0 Å². The summed E-state index contributed by atoms with van der Waals surface area (Å²) in [4.78, 5) is 0. The topological polar surface area (TPSA) is 32.3 Å². The zero-order valence-corrected chi connectivity index (χ0v) is 9.77. The Bertz CT molecular complexity index is 563. The average Bonchev–Trinajstić information content (AvgIpc) is 2.74. The van der Waals surface area contributed by atoms with Gasteiger partial charge in [-0.25, -0.2) is 0 Å². The first kappa shape index (κ1) is 10.4. The third kappa shape index (κ3) is 1.71. The summed E-state index contributed by atoms with van der Waals surface area (Å²) in [6.45, 7) is 2.91. The minimum absolute atomic E-state index is 0.117. The molecule has 2 aromatic carbocycles. The third-order valence-electron chi connectivity index (χ3n) is 3.33. The molecule has 1 unspecified atom stereocenters. The van der Waals surface area contributed by atoms with E-state index in [-0.39, 0.29) is 6.04 Å². The van der Waals surface area contributed by atoms with Crippen molar-refractivity contribution in [1.29, 1.82) is 0 Å². The maximum absolute atomic E-state index is 9.99. The van der Waals surface area contributed by atoms with Crippen LogP contribution in [0.25, 0.3) is 0 Å². The SMILES string of the molecule is Cc1cccc(C2NCc3cccc(O)c32)c1. The van der Waals surface area contributed by atoms with Gasteiger partial charge in [-0.05, 0) is 24.1 Å². The van der Waals surface area contributed by atoms with Gasteiger partial charge in [0.25, 0.3) is 0 Å². The Morgan fingerprint density at radius 3 is 2.82 bits per heavy atom. The van der Waals surface area contributed by atoms with Crippen molar-refractivity contribution in [2.24, 2.45) is 0 Å². The molecular weight excluding hydrogens is 210 g/mol. The number of phenols is 1. The number of hydrogen-bond donors (Lipinski definition) is 2. The van der Waals surface area contributed by atoms with E-state index in [9.17, 15) is 5.11 Å². The van der Waals surface area contributed by atoms with Gasteiger partial charge in [-0.1, -0.05) is 42.0 Å². The normalized spacial score (nSPS) is 18.1. The Labute approximate surface area is 101 Å². The predicted molar refractivity (Wildman–Crippen MR) is 68.0 cm³/mol. The predicted octanol–water partition coefficient (Wildman–Crippen LogP) is 2.89. The average molecular weight is 225 g/mol. The van der Waals surface area contributed by atoms with Gasteiger partial charge in [0.1, 0.15) is 5.75 Å². The first-order valence-electron chi connectivity index (χ1n) is 5.86. The van der Waals surface area contributed by atoms with Crippen LogP contribution in [0.15, 0.2) is 42.5 Å². The van der Waals surface area contributed by atoms with E-state index in [1.54, 1.807) is 6.07 Å². The molecule has 0 saturated carbocycles. The standard InChI is InChI=1S/C15H15NO/c1-10-4-2-5-11(8-10)15-14-12(9-16-15)6-3-7-13(14)17/h2-8,15-17H,9H2,1H3. The van der Waals surface area contributed by atoms with Crippen LogP contribution < -0.4 is 5.32 Å². The molecule has 17 heavy (non-hydrogen) atoms. The summed E-state index contributed by atoms with van der Waals surface area (Å²) in [6.07, 6.45) is 0. The number of nitrogens with one attached hydrogen (secondary N) is 1. The van der Waals surface area contributed by atoms with Crippen LogP contribution in [0.3, 0.4) is 0 Å². The summed E-state index contributed by atoms with van der Waals surface area (Å²) in [7, 11) is 0. The Kier molecular flexibility index (Phi) is 2.37. The maximum atomic E-state index is 9.99. The molecule has 86 valence electrons. The van der Waals surface area contributed by atoms with Gasteiger partial charge in [0.15, 0.2) is 0 Å². The van der Waals surface area contributed by atoms with E-state index in [0.717, 1.165) is 12.1 Å². The Morgan fingerprint density at radius 1 is 1.18 bits per heavy atom. The van der Waals surface area contributed by atoms with Crippen LogP contribution in [0.4, 0.5) is 0 Å². The molecular formula is C15H15NO. The van der Waals surface area contributed by atoms with Crippen molar-refractivity contribution in [3.63, 3.8) is 0 Å². The zero-order chi connectivity index (χ0) is 11.8. The van der Waals surface area contributed by atoms with Gasteiger partial charge in [0, 0.05) is 12.1 Å². The highest BCUT2D eigenvalue weighted by Gasteiger charge is 2.25. The molecule has 2 N–H and O–H groups in total. The number of phenolic OH excluding ortho intramolecular Hbond substituents is 1. The molecule has 3 rings (SSSR count). The summed E-state index contributed by atoms with van der Waals surface area (Å²) in [6, 6.07) is 14.3. The van der Waals surface area contributed by atoms with Crippen LogP contribution in [0.2, 0.25) is 0 Å². The molecule has 0 saturated heterocycles. The molecule has 1 atom stereocenters. The molecule has 1 heterocycles. The van der Waals surface area contributed by atoms with Crippen LogP contribution in [-0.4, -0.2) is 5.11 Å². The molecule has 0 aliphatic carbocycles. The number of aryl methyl sites for hydroxylation is 1. The Balaban J connectivity index is 2.09. The molecule has 1 aliphatic rings. The summed E-state index contributed by atoms with van der Waals surface area (Å²) in [5.41, 5.74) is 4.67. The molecule has 0 bridgehead atoms. The smallest absolute Gasteiger partial charge is 0.121 e. The monoisotopic (exact) mass is 225 g/mol. The van der Waals surface area contributed by atoms with E-state index in [2.05, 4.69) is 42.6 Å². The molecule has 2 aromatic rings. The van der Waals surface area contributed by atoms with Gasteiger partial charge in [-0.2, -0.15) is 0 Å². The Hall–Kier alpha value is -1.80. The Morgan fingerprint density at radius 2 is 2.00 bits per heavy atom. The van der Waals surface area contributed by atoms with Crippen LogP contribution in [0, 0.1) is 6.92 Å². The van der Waals surface area contributed by atoms with Gasteiger partial charge in [0.05, 0.1) is 6.04 Å². The second kappa shape index (κ2) is 3.90. The molecule has 0 fully saturated rings. The lowest BCUT2D eigenvalue weighted by molar-refractivity contribution is 0.464. The first-order valence-corrected chi connectivity index (χ1v) is 5.86. The van der Waals surface area contributed by atoms with E-state index in [0.29, 0.717) is 5.75 Å². The number of benzene rings is 2. The van der Waals surface area contributed by atoms with Crippen molar-refractivity contribution in [3.8, 4) is 5.75 Å². The summed E-state index contributed by atoms with van der Waals surface area (Å²) in [5.74, 6) is 0.388. The molecule has 2 nitrogen and oxygen atoms in total. The van der Waals surface area contributed by atoms with Crippen LogP contribution in [0.5, 0.6) is 5.75 Å². The molecule has 0 radical (unpaired) electrons.